The lowest BCUT2D eigenvalue weighted by atomic mass is 10.0. The molecule has 0 unspecified atom stereocenters. The lowest BCUT2D eigenvalue weighted by Gasteiger charge is -2.34. The van der Waals surface area contributed by atoms with Gasteiger partial charge >= 0.3 is 0 Å². The summed E-state index contributed by atoms with van der Waals surface area (Å²) in [5.41, 5.74) is -1.25. The highest BCUT2D eigenvalue weighted by atomic mass is 35.5. The van der Waals surface area contributed by atoms with Crippen molar-refractivity contribution in [2.45, 2.75) is 13.0 Å². The van der Waals surface area contributed by atoms with Gasteiger partial charge in [-0.2, -0.15) is 5.01 Å². The van der Waals surface area contributed by atoms with E-state index in [0.29, 0.717) is 15.8 Å². The lowest BCUT2D eigenvalue weighted by Crippen LogP contribution is -2.56. The molecule has 1 aliphatic rings. The number of nitro benzene ring substituents is 1. The Morgan fingerprint density at radius 3 is 2.22 bits per heavy atom. The average Bonchev–Trinajstić information content (AvgIpc) is 3.15. The molecule has 0 spiro atoms. The molecule has 0 aliphatic carbocycles. The Kier molecular flexibility index (Phi) is 6.97. The van der Waals surface area contributed by atoms with Crippen LogP contribution in [0.25, 0.3) is 0 Å². The second kappa shape index (κ2) is 10.00. The SMILES string of the molecule is COc1ccc(C(=O)[C@H](C)N(C(=O)c2ccc(Cl)c(Cl)c2)N2C(=O)c3cccc([N+](=O)[O-])c3C2=O)cc1. The number of halogens is 2. The number of methoxy groups -OCH3 is 1. The average molecular weight is 542 g/mol. The molecule has 0 fully saturated rings. The van der Waals surface area contributed by atoms with Crippen molar-refractivity contribution < 1.29 is 28.8 Å². The predicted octanol–water partition coefficient (Wildman–Crippen LogP) is 4.84. The molecule has 3 amide bonds. The van der Waals surface area contributed by atoms with E-state index >= 15 is 0 Å². The van der Waals surface area contributed by atoms with Crippen LogP contribution < -0.4 is 4.74 Å². The summed E-state index contributed by atoms with van der Waals surface area (Å²) in [5, 5.41) is 12.9. The number of nitro groups is 1. The Hall–Kier alpha value is -4.28. The number of ketones is 1. The van der Waals surface area contributed by atoms with Gasteiger partial charge in [0, 0.05) is 17.2 Å². The standard InChI is InChI=1S/C25H17Cl2N3O7/c1-13(22(31)14-6-9-16(37-2)10-7-14)28(23(32)15-8-11-18(26)19(27)12-15)29-24(33)17-4-3-5-20(30(35)36)21(17)25(29)34/h3-13H,1-2H3/t13-/m0/s1. The molecule has 0 saturated carbocycles. The quantitative estimate of drug-likeness (QED) is 0.181. The molecule has 10 nitrogen and oxygen atoms in total. The number of ether oxygens (including phenoxy) is 1. The van der Waals surface area contributed by atoms with E-state index in [0.717, 1.165) is 6.07 Å². The van der Waals surface area contributed by atoms with Gasteiger partial charge in [0.2, 0.25) is 0 Å². The number of imide groups is 1. The fourth-order valence-corrected chi connectivity index (χ4v) is 4.21. The molecule has 4 rings (SSSR count). The maximum Gasteiger partial charge on any atom is 0.287 e. The number of fused-ring (bicyclic) bond motifs is 1. The van der Waals surface area contributed by atoms with Gasteiger partial charge in [0.15, 0.2) is 5.78 Å². The van der Waals surface area contributed by atoms with Crippen LogP contribution in [0.1, 0.15) is 48.4 Å². The van der Waals surface area contributed by atoms with Crippen LogP contribution in [-0.4, -0.2) is 51.6 Å². The summed E-state index contributed by atoms with van der Waals surface area (Å²) >= 11 is 12.0. The minimum absolute atomic E-state index is 0.0274. The summed E-state index contributed by atoms with van der Waals surface area (Å²) in [4.78, 5) is 64.6. The van der Waals surface area contributed by atoms with Gasteiger partial charge in [-0.05, 0) is 55.5 Å². The highest BCUT2D eigenvalue weighted by Crippen LogP contribution is 2.34. The lowest BCUT2D eigenvalue weighted by molar-refractivity contribution is -0.385. The number of rotatable bonds is 7. The van der Waals surface area contributed by atoms with Crippen LogP contribution in [0.3, 0.4) is 0 Å². The van der Waals surface area contributed by atoms with E-state index in [1.165, 1.54) is 68.6 Å². The van der Waals surface area contributed by atoms with Crippen LogP contribution in [0.2, 0.25) is 10.0 Å². The van der Waals surface area contributed by atoms with E-state index in [4.69, 9.17) is 27.9 Å². The van der Waals surface area contributed by atoms with Crippen molar-refractivity contribution in [3.8, 4) is 5.75 Å². The van der Waals surface area contributed by atoms with Gasteiger partial charge in [-0.25, -0.2) is 5.01 Å². The first kappa shape index (κ1) is 25.8. The van der Waals surface area contributed by atoms with Gasteiger partial charge in [0.1, 0.15) is 17.4 Å². The maximum absolute atomic E-state index is 13.7. The third kappa shape index (κ3) is 4.52. The Balaban J connectivity index is 1.83. The zero-order chi connectivity index (χ0) is 27.0. The number of carbonyl (C=O) groups excluding carboxylic acids is 4. The van der Waals surface area contributed by atoms with Crippen molar-refractivity contribution >= 4 is 52.4 Å². The van der Waals surface area contributed by atoms with Crippen molar-refractivity contribution in [2.75, 3.05) is 7.11 Å². The highest BCUT2D eigenvalue weighted by Gasteiger charge is 2.48. The van der Waals surface area contributed by atoms with Gasteiger partial charge in [-0.15, -0.1) is 0 Å². The van der Waals surface area contributed by atoms with Crippen LogP contribution in [0.5, 0.6) is 5.75 Å². The topological polar surface area (TPSA) is 127 Å². The predicted molar refractivity (Wildman–Crippen MR) is 133 cm³/mol. The number of amides is 3. The third-order valence-corrected chi connectivity index (χ3v) is 6.52. The van der Waals surface area contributed by atoms with Crippen molar-refractivity contribution in [3.05, 3.63) is 103 Å². The summed E-state index contributed by atoms with van der Waals surface area (Å²) < 4.78 is 5.10. The fraction of sp³-hybridized carbons (Fsp3) is 0.120. The van der Waals surface area contributed by atoms with Crippen LogP contribution in [0, 0.1) is 10.1 Å². The zero-order valence-corrected chi connectivity index (χ0v) is 20.8. The molecule has 1 aliphatic heterocycles. The van der Waals surface area contributed by atoms with Crippen LogP contribution in [-0.2, 0) is 0 Å². The Labute approximate surface area is 220 Å². The number of hydrazine groups is 1. The first-order valence-corrected chi connectivity index (χ1v) is 11.4. The van der Waals surface area contributed by atoms with E-state index in [1.54, 1.807) is 0 Å². The minimum Gasteiger partial charge on any atom is -0.497 e. The molecule has 3 aromatic rings. The second-order valence-electron chi connectivity index (χ2n) is 7.93. The minimum atomic E-state index is -1.39. The van der Waals surface area contributed by atoms with E-state index in [-0.39, 0.29) is 26.7 Å². The van der Waals surface area contributed by atoms with E-state index in [2.05, 4.69) is 0 Å². The molecule has 0 radical (unpaired) electrons. The number of Topliss-reactive ketones (excluding diaryl/α,β-unsaturated/α-hetero) is 1. The van der Waals surface area contributed by atoms with Crippen molar-refractivity contribution in [1.29, 1.82) is 0 Å². The smallest absolute Gasteiger partial charge is 0.287 e. The largest absolute Gasteiger partial charge is 0.497 e. The van der Waals surface area contributed by atoms with Crippen LogP contribution in [0.15, 0.2) is 60.7 Å². The normalized spacial score (nSPS) is 13.2. The molecular weight excluding hydrogens is 525 g/mol. The van der Waals surface area contributed by atoms with Crippen molar-refractivity contribution in [2.24, 2.45) is 0 Å². The first-order valence-electron chi connectivity index (χ1n) is 10.7. The zero-order valence-electron chi connectivity index (χ0n) is 19.3. The highest BCUT2D eigenvalue weighted by molar-refractivity contribution is 6.42. The van der Waals surface area contributed by atoms with Crippen molar-refractivity contribution in [3.63, 3.8) is 0 Å². The van der Waals surface area contributed by atoms with E-state index < -0.39 is 45.7 Å². The molecule has 1 heterocycles. The van der Waals surface area contributed by atoms with Gasteiger partial charge in [-0.3, -0.25) is 29.3 Å². The van der Waals surface area contributed by atoms with Gasteiger partial charge in [0.05, 0.1) is 27.6 Å². The Bertz CT molecular complexity index is 1470. The van der Waals surface area contributed by atoms with Crippen LogP contribution >= 0.6 is 23.2 Å². The summed E-state index contributed by atoms with van der Waals surface area (Å²) in [6.07, 6.45) is 0. The van der Waals surface area contributed by atoms with Gasteiger partial charge in [-0.1, -0.05) is 29.3 Å². The molecule has 3 aromatic carbocycles. The molecule has 37 heavy (non-hydrogen) atoms. The second-order valence-corrected chi connectivity index (χ2v) is 8.74. The summed E-state index contributed by atoms with van der Waals surface area (Å²) in [5.74, 6) is -3.16. The molecule has 0 saturated heterocycles. The first-order chi connectivity index (χ1) is 17.6. The summed E-state index contributed by atoms with van der Waals surface area (Å²) in [6.45, 7) is 1.33. The number of hydrogen-bond acceptors (Lipinski definition) is 7. The molecule has 188 valence electrons. The van der Waals surface area contributed by atoms with Gasteiger partial charge < -0.3 is 4.74 Å². The maximum atomic E-state index is 13.7. The van der Waals surface area contributed by atoms with Crippen molar-refractivity contribution in [1.82, 2.24) is 10.0 Å². The number of benzene rings is 3. The molecule has 12 heteroatoms. The number of carbonyl (C=O) groups is 4. The Morgan fingerprint density at radius 1 is 0.973 bits per heavy atom. The summed E-state index contributed by atoms with van der Waals surface area (Å²) in [7, 11) is 1.46. The molecule has 0 bridgehead atoms. The molecule has 0 N–H and O–H groups in total. The molecule has 0 aromatic heterocycles. The van der Waals surface area contributed by atoms with Gasteiger partial charge in [0.25, 0.3) is 23.4 Å². The molecule has 1 atom stereocenters. The molecular formula is C25H17Cl2N3O7. The van der Waals surface area contributed by atoms with E-state index in [1.807, 2.05) is 0 Å². The third-order valence-electron chi connectivity index (χ3n) is 5.78. The fourth-order valence-electron chi connectivity index (χ4n) is 3.91. The van der Waals surface area contributed by atoms with E-state index in [9.17, 15) is 29.3 Å². The number of nitrogens with zero attached hydrogens (tertiary/aromatic N) is 3. The Morgan fingerprint density at radius 2 is 1.62 bits per heavy atom. The monoisotopic (exact) mass is 541 g/mol. The van der Waals surface area contributed by atoms with Crippen LogP contribution in [0.4, 0.5) is 5.69 Å². The number of hydrogen-bond donors (Lipinski definition) is 0. The summed E-state index contributed by atoms with van der Waals surface area (Å²) in [6, 6.07) is 12.1.